The van der Waals surface area contributed by atoms with E-state index in [1.807, 2.05) is 41.8 Å². The molecule has 128 valence electrons. The van der Waals surface area contributed by atoms with E-state index in [1.165, 1.54) is 16.9 Å². The van der Waals surface area contributed by atoms with Crippen LogP contribution in [-0.2, 0) is 0 Å². The molecule has 0 unspecified atom stereocenters. The summed E-state index contributed by atoms with van der Waals surface area (Å²) in [6, 6.07) is 15.9. The molecule has 1 aromatic heterocycles. The molecule has 0 aliphatic heterocycles. The first-order chi connectivity index (χ1) is 12.0. The van der Waals surface area contributed by atoms with Gasteiger partial charge in [0.1, 0.15) is 0 Å². The Morgan fingerprint density at radius 1 is 1.16 bits per heavy atom. The van der Waals surface area contributed by atoms with Crippen molar-refractivity contribution < 1.29 is 4.79 Å². The summed E-state index contributed by atoms with van der Waals surface area (Å²) in [5.74, 6) is -0.129. The van der Waals surface area contributed by atoms with Gasteiger partial charge in [-0.1, -0.05) is 49.7 Å². The quantitative estimate of drug-likeness (QED) is 0.573. The second-order valence-corrected chi connectivity index (χ2v) is 8.56. The van der Waals surface area contributed by atoms with Crippen LogP contribution in [0.4, 0.5) is 5.13 Å². The van der Waals surface area contributed by atoms with Gasteiger partial charge in [0.25, 0.3) is 5.91 Å². The Balaban J connectivity index is 1.72. The van der Waals surface area contributed by atoms with Crippen molar-refractivity contribution in [2.75, 3.05) is 5.32 Å². The first-order valence-electron chi connectivity index (χ1n) is 8.12. The van der Waals surface area contributed by atoms with Gasteiger partial charge in [0.15, 0.2) is 5.13 Å². The standard InChI is InChI=1S/C20H20N2OS2/c1-13(2)25-17-6-4-5-16(11-17)19(23)22-20-21-18(12-24-20)15-9-7-14(3)8-10-15/h4-13H,1-3H3,(H,21,22,23). The third-order valence-corrected chi connectivity index (χ3v) is 5.30. The van der Waals surface area contributed by atoms with Gasteiger partial charge in [0, 0.05) is 26.7 Å². The van der Waals surface area contributed by atoms with Gasteiger partial charge in [-0.15, -0.1) is 23.1 Å². The fourth-order valence-corrected chi connectivity index (χ4v) is 3.95. The number of amides is 1. The molecular formula is C20H20N2OS2. The van der Waals surface area contributed by atoms with Gasteiger partial charge < -0.3 is 0 Å². The summed E-state index contributed by atoms with van der Waals surface area (Å²) in [7, 11) is 0. The molecule has 3 rings (SSSR count). The summed E-state index contributed by atoms with van der Waals surface area (Å²) >= 11 is 3.18. The number of nitrogens with one attached hydrogen (secondary N) is 1. The van der Waals surface area contributed by atoms with Crippen LogP contribution in [0.2, 0.25) is 0 Å². The molecule has 0 spiro atoms. The van der Waals surface area contributed by atoms with Gasteiger partial charge >= 0.3 is 0 Å². The lowest BCUT2D eigenvalue weighted by molar-refractivity contribution is 0.102. The maximum absolute atomic E-state index is 12.5. The zero-order valence-corrected chi connectivity index (χ0v) is 16.1. The van der Waals surface area contributed by atoms with E-state index in [0.717, 1.165) is 16.2 Å². The molecule has 0 aliphatic rings. The largest absolute Gasteiger partial charge is 0.298 e. The van der Waals surface area contributed by atoms with E-state index >= 15 is 0 Å². The van der Waals surface area contributed by atoms with E-state index in [0.29, 0.717) is 15.9 Å². The van der Waals surface area contributed by atoms with Gasteiger partial charge in [0.05, 0.1) is 5.69 Å². The maximum atomic E-state index is 12.5. The number of benzene rings is 2. The van der Waals surface area contributed by atoms with Gasteiger partial charge in [-0.25, -0.2) is 4.98 Å². The molecule has 3 aromatic rings. The third kappa shape index (κ3) is 4.71. The lowest BCUT2D eigenvalue weighted by Gasteiger charge is -2.07. The van der Waals surface area contributed by atoms with Crippen molar-refractivity contribution in [3.05, 3.63) is 65.0 Å². The van der Waals surface area contributed by atoms with Crippen molar-refractivity contribution in [2.24, 2.45) is 0 Å². The average Bonchev–Trinajstić information content (AvgIpc) is 3.03. The molecule has 1 N–H and O–H groups in total. The molecule has 0 bridgehead atoms. The molecule has 0 atom stereocenters. The number of carbonyl (C=O) groups is 1. The average molecular weight is 369 g/mol. The van der Waals surface area contributed by atoms with Crippen LogP contribution in [0.5, 0.6) is 0 Å². The minimum Gasteiger partial charge on any atom is -0.298 e. The predicted octanol–water partition coefficient (Wildman–Crippen LogP) is 5.87. The number of thioether (sulfide) groups is 1. The van der Waals surface area contributed by atoms with E-state index in [-0.39, 0.29) is 5.91 Å². The summed E-state index contributed by atoms with van der Waals surface area (Å²) in [5.41, 5.74) is 3.80. The molecule has 5 heteroatoms. The van der Waals surface area contributed by atoms with Crippen LogP contribution < -0.4 is 5.32 Å². The number of hydrogen-bond acceptors (Lipinski definition) is 4. The van der Waals surface area contributed by atoms with Crippen molar-refractivity contribution in [1.82, 2.24) is 4.98 Å². The Kier molecular flexibility index (Phi) is 5.56. The van der Waals surface area contributed by atoms with Crippen LogP contribution in [-0.4, -0.2) is 16.1 Å². The highest BCUT2D eigenvalue weighted by molar-refractivity contribution is 7.99. The van der Waals surface area contributed by atoms with Crippen LogP contribution in [0.1, 0.15) is 29.8 Å². The molecule has 1 amide bonds. The van der Waals surface area contributed by atoms with E-state index in [4.69, 9.17) is 0 Å². The first-order valence-corrected chi connectivity index (χ1v) is 9.88. The fraction of sp³-hybridized carbons (Fsp3) is 0.200. The van der Waals surface area contributed by atoms with Gasteiger partial charge in [-0.2, -0.15) is 0 Å². The number of carbonyl (C=O) groups excluding carboxylic acids is 1. The molecule has 25 heavy (non-hydrogen) atoms. The second kappa shape index (κ2) is 7.85. The highest BCUT2D eigenvalue weighted by atomic mass is 32.2. The number of anilines is 1. The van der Waals surface area contributed by atoms with Crippen molar-refractivity contribution in [1.29, 1.82) is 0 Å². The Morgan fingerprint density at radius 2 is 1.92 bits per heavy atom. The summed E-state index contributed by atoms with van der Waals surface area (Å²) in [6.45, 7) is 6.33. The summed E-state index contributed by atoms with van der Waals surface area (Å²) in [5, 5.41) is 5.96. The highest BCUT2D eigenvalue weighted by Crippen LogP contribution is 2.27. The Hall–Kier alpha value is -2.11. The van der Waals surface area contributed by atoms with E-state index in [1.54, 1.807) is 11.8 Å². The Bertz CT molecular complexity index is 869. The minimum atomic E-state index is -0.129. The van der Waals surface area contributed by atoms with Crippen LogP contribution in [0.25, 0.3) is 11.3 Å². The van der Waals surface area contributed by atoms with Crippen molar-refractivity contribution in [3.8, 4) is 11.3 Å². The molecule has 0 saturated carbocycles. The number of hydrogen-bond donors (Lipinski definition) is 1. The zero-order chi connectivity index (χ0) is 17.8. The SMILES string of the molecule is Cc1ccc(-c2csc(NC(=O)c3cccc(SC(C)C)c3)n2)cc1. The normalized spacial score (nSPS) is 10.9. The summed E-state index contributed by atoms with van der Waals surface area (Å²) in [6.07, 6.45) is 0. The molecule has 3 nitrogen and oxygen atoms in total. The summed E-state index contributed by atoms with van der Waals surface area (Å²) in [4.78, 5) is 18.1. The Labute approximate surface area is 156 Å². The predicted molar refractivity (Wildman–Crippen MR) is 108 cm³/mol. The molecule has 0 saturated heterocycles. The van der Waals surface area contributed by atoms with Gasteiger partial charge in [0.2, 0.25) is 0 Å². The van der Waals surface area contributed by atoms with Crippen LogP contribution in [0, 0.1) is 6.92 Å². The first kappa shape index (κ1) is 17.7. The minimum absolute atomic E-state index is 0.129. The van der Waals surface area contributed by atoms with Crippen LogP contribution in [0.3, 0.4) is 0 Å². The van der Waals surface area contributed by atoms with Crippen molar-refractivity contribution in [3.63, 3.8) is 0 Å². The Morgan fingerprint density at radius 3 is 2.64 bits per heavy atom. The monoisotopic (exact) mass is 368 g/mol. The number of rotatable bonds is 5. The van der Waals surface area contributed by atoms with Crippen molar-refractivity contribution >= 4 is 34.1 Å². The van der Waals surface area contributed by atoms with E-state index in [2.05, 4.69) is 43.2 Å². The zero-order valence-electron chi connectivity index (χ0n) is 14.4. The molecule has 0 radical (unpaired) electrons. The lowest BCUT2D eigenvalue weighted by Crippen LogP contribution is -2.11. The molecule has 0 aliphatic carbocycles. The molecule has 1 heterocycles. The van der Waals surface area contributed by atoms with Gasteiger partial charge in [-0.3, -0.25) is 10.1 Å². The smallest absolute Gasteiger partial charge is 0.257 e. The van der Waals surface area contributed by atoms with E-state index < -0.39 is 0 Å². The molecular weight excluding hydrogens is 348 g/mol. The summed E-state index contributed by atoms with van der Waals surface area (Å²) < 4.78 is 0. The van der Waals surface area contributed by atoms with Gasteiger partial charge in [-0.05, 0) is 25.1 Å². The van der Waals surface area contributed by atoms with Crippen LogP contribution >= 0.6 is 23.1 Å². The number of aryl methyl sites for hydroxylation is 1. The fourth-order valence-electron chi connectivity index (χ4n) is 2.34. The number of nitrogens with zero attached hydrogens (tertiary/aromatic N) is 1. The van der Waals surface area contributed by atoms with Crippen LogP contribution in [0.15, 0.2) is 58.8 Å². The van der Waals surface area contributed by atoms with Crippen molar-refractivity contribution in [2.45, 2.75) is 30.9 Å². The highest BCUT2D eigenvalue weighted by Gasteiger charge is 2.11. The number of aromatic nitrogens is 1. The third-order valence-electron chi connectivity index (χ3n) is 3.54. The van der Waals surface area contributed by atoms with E-state index in [9.17, 15) is 4.79 Å². The lowest BCUT2D eigenvalue weighted by atomic mass is 10.1. The number of thiazole rings is 1. The molecule has 2 aromatic carbocycles. The topological polar surface area (TPSA) is 42.0 Å². The second-order valence-electron chi connectivity index (χ2n) is 6.05. The maximum Gasteiger partial charge on any atom is 0.257 e. The molecule has 0 fully saturated rings.